The van der Waals surface area contributed by atoms with Crippen molar-refractivity contribution in [2.75, 3.05) is 26.8 Å². The number of rotatable bonds is 5. The fraction of sp³-hybridized carbons (Fsp3) is 0.500. The van der Waals surface area contributed by atoms with Crippen molar-refractivity contribution >= 4 is 17.6 Å². The van der Waals surface area contributed by atoms with E-state index in [9.17, 15) is 4.79 Å². The van der Waals surface area contributed by atoms with Crippen molar-refractivity contribution < 1.29 is 14.3 Å². The highest BCUT2D eigenvalue weighted by molar-refractivity contribution is 6.30. The van der Waals surface area contributed by atoms with Crippen LogP contribution in [0.4, 0.5) is 0 Å². The first kappa shape index (κ1) is 14.2. The monoisotopic (exact) mass is 283 g/mol. The third kappa shape index (κ3) is 3.85. The van der Waals surface area contributed by atoms with Crippen molar-refractivity contribution in [1.82, 2.24) is 4.90 Å². The van der Waals surface area contributed by atoms with Gasteiger partial charge in [0.05, 0.1) is 7.11 Å². The maximum Gasteiger partial charge on any atom is 0.323 e. The van der Waals surface area contributed by atoms with Gasteiger partial charge in [-0.25, -0.2) is 0 Å². The maximum atomic E-state index is 11.6. The number of carbonyl (C=O) groups excluding carboxylic acids is 1. The van der Waals surface area contributed by atoms with Gasteiger partial charge < -0.3 is 9.47 Å². The second kappa shape index (κ2) is 6.78. The van der Waals surface area contributed by atoms with Gasteiger partial charge in [-0.15, -0.1) is 0 Å². The van der Waals surface area contributed by atoms with Gasteiger partial charge >= 0.3 is 5.97 Å². The molecule has 2 rings (SSSR count). The van der Waals surface area contributed by atoms with Crippen LogP contribution >= 0.6 is 11.6 Å². The Bertz CT molecular complexity index is 438. The van der Waals surface area contributed by atoms with Crippen LogP contribution in [0.2, 0.25) is 5.02 Å². The summed E-state index contributed by atoms with van der Waals surface area (Å²) in [6, 6.07) is 7.19. The van der Waals surface area contributed by atoms with Gasteiger partial charge in [0.2, 0.25) is 0 Å². The molecule has 1 fully saturated rings. The summed E-state index contributed by atoms with van der Waals surface area (Å²) in [5.41, 5.74) is 0. The topological polar surface area (TPSA) is 38.8 Å². The van der Waals surface area contributed by atoms with Crippen LogP contribution in [0.1, 0.15) is 12.8 Å². The Morgan fingerprint density at radius 1 is 1.53 bits per heavy atom. The molecule has 0 aliphatic carbocycles. The summed E-state index contributed by atoms with van der Waals surface area (Å²) in [5, 5.41) is 0.658. The van der Waals surface area contributed by atoms with Crippen LogP contribution in [-0.4, -0.2) is 43.7 Å². The molecule has 0 spiro atoms. The Morgan fingerprint density at radius 2 is 2.37 bits per heavy atom. The number of halogens is 1. The number of benzene rings is 1. The fourth-order valence-corrected chi connectivity index (χ4v) is 2.51. The third-order valence-corrected chi connectivity index (χ3v) is 3.52. The highest BCUT2D eigenvalue weighted by Crippen LogP contribution is 2.19. The minimum Gasteiger partial charge on any atom is -0.492 e. The number of nitrogens with zero attached hydrogens (tertiary/aromatic N) is 1. The van der Waals surface area contributed by atoms with Gasteiger partial charge in [0.1, 0.15) is 18.4 Å². The minimum atomic E-state index is -0.153. The van der Waals surface area contributed by atoms with Gasteiger partial charge in [-0.1, -0.05) is 17.7 Å². The summed E-state index contributed by atoms with van der Waals surface area (Å²) in [6.07, 6.45) is 1.89. The Kier molecular flexibility index (Phi) is 5.05. The molecule has 104 valence electrons. The first-order valence-corrected chi connectivity index (χ1v) is 6.79. The van der Waals surface area contributed by atoms with Crippen molar-refractivity contribution in [3.05, 3.63) is 29.3 Å². The van der Waals surface area contributed by atoms with E-state index in [0.717, 1.165) is 25.1 Å². The number of esters is 1. The summed E-state index contributed by atoms with van der Waals surface area (Å²) in [4.78, 5) is 13.7. The molecule has 4 nitrogen and oxygen atoms in total. The molecule has 1 aromatic carbocycles. The number of hydrogen-bond donors (Lipinski definition) is 0. The average Bonchev–Trinajstić information content (AvgIpc) is 2.86. The molecular formula is C14H18ClNO3. The first-order valence-electron chi connectivity index (χ1n) is 6.41. The second-order valence-electron chi connectivity index (χ2n) is 4.52. The lowest BCUT2D eigenvalue weighted by atomic mass is 10.2. The number of carbonyl (C=O) groups is 1. The van der Waals surface area contributed by atoms with E-state index >= 15 is 0 Å². The zero-order valence-corrected chi connectivity index (χ0v) is 11.7. The summed E-state index contributed by atoms with van der Waals surface area (Å²) < 4.78 is 10.4. The van der Waals surface area contributed by atoms with Gasteiger partial charge in [-0.3, -0.25) is 9.69 Å². The third-order valence-electron chi connectivity index (χ3n) is 3.28. The van der Waals surface area contributed by atoms with Crippen molar-refractivity contribution in [2.45, 2.75) is 18.9 Å². The molecule has 1 atom stereocenters. The fourth-order valence-electron chi connectivity index (χ4n) is 2.33. The van der Waals surface area contributed by atoms with E-state index in [0.29, 0.717) is 18.2 Å². The summed E-state index contributed by atoms with van der Waals surface area (Å²) >= 11 is 5.88. The summed E-state index contributed by atoms with van der Waals surface area (Å²) in [6.45, 7) is 2.17. The molecular weight excluding hydrogens is 266 g/mol. The van der Waals surface area contributed by atoms with Crippen molar-refractivity contribution in [3.63, 3.8) is 0 Å². The number of methoxy groups -OCH3 is 1. The largest absolute Gasteiger partial charge is 0.492 e. The molecule has 0 bridgehead atoms. The molecule has 1 aromatic rings. The Labute approximate surface area is 118 Å². The normalized spacial score (nSPS) is 19.4. The minimum absolute atomic E-state index is 0.118. The van der Waals surface area contributed by atoms with Crippen LogP contribution in [0.15, 0.2) is 24.3 Å². The number of ether oxygens (including phenoxy) is 2. The lowest BCUT2D eigenvalue weighted by Crippen LogP contribution is -2.39. The van der Waals surface area contributed by atoms with Gasteiger partial charge in [0, 0.05) is 11.6 Å². The molecule has 0 saturated carbocycles. The van der Waals surface area contributed by atoms with E-state index in [4.69, 9.17) is 21.1 Å². The average molecular weight is 284 g/mol. The highest BCUT2D eigenvalue weighted by atomic mass is 35.5. The molecule has 1 aliphatic heterocycles. The van der Waals surface area contributed by atoms with Gasteiger partial charge in [0.25, 0.3) is 0 Å². The van der Waals surface area contributed by atoms with Crippen LogP contribution in [0.25, 0.3) is 0 Å². The van der Waals surface area contributed by atoms with Gasteiger partial charge in [0.15, 0.2) is 0 Å². The van der Waals surface area contributed by atoms with E-state index in [1.54, 1.807) is 6.07 Å². The number of hydrogen-bond acceptors (Lipinski definition) is 4. The summed E-state index contributed by atoms with van der Waals surface area (Å²) in [7, 11) is 1.43. The zero-order valence-electron chi connectivity index (χ0n) is 11.0. The van der Waals surface area contributed by atoms with Crippen molar-refractivity contribution in [2.24, 2.45) is 0 Å². The smallest absolute Gasteiger partial charge is 0.323 e. The maximum absolute atomic E-state index is 11.6. The SMILES string of the molecule is COC(=O)C1CCCN1CCOc1cccc(Cl)c1. The second-order valence-corrected chi connectivity index (χ2v) is 4.96. The lowest BCUT2D eigenvalue weighted by Gasteiger charge is -2.22. The van der Waals surface area contributed by atoms with Crippen LogP contribution in [0.5, 0.6) is 5.75 Å². The van der Waals surface area contributed by atoms with E-state index in [1.807, 2.05) is 18.2 Å². The summed E-state index contributed by atoms with van der Waals surface area (Å²) in [5.74, 6) is 0.599. The van der Waals surface area contributed by atoms with E-state index in [1.165, 1.54) is 7.11 Å². The van der Waals surface area contributed by atoms with Crippen molar-refractivity contribution in [3.8, 4) is 5.75 Å². The van der Waals surface area contributed by atoms with Crippen molar-refractivity contribution in [1.29, 1.82) is 0 Å². The molecule has 5 heteroatoms. The van der Waals surface area contributed by atoms with Crippen LogP contribution in [0.3, 0.4) is 0 Å². The molecule has 0 radical (unpaired) electrons. The van der Waals surface area contributed by atoms with Crippen LogP contribution < -0.4 is 4.74 Å². The molecule has 19 heavy (non-hydrogen) atoms. The molecule has 0 aromatic heterocycles. The molecule has 1 unspecified atom stereocenters. The van der Waals surface area contributed by atoms with Gasteiger partial charge in [-0.05, 0) is 37.6 Å². The lowest BCUT2D eigenvalue weighted by molar-refractivity contribution is -0.145. The highest BCUT2D eigenvalue weighted by Gasteiger charge is 2.30. The molecule has 1 aliphatic rings. The van der Waals surface area contributed by atoms with E-state index in [-0.39, 0.29) is 12.0 Å². The zero-order chi connectivity index (χ0) is 13.7. The quantitative estimate of drug-likeness (QED) is 0.778. The molecule has 1 saturated heterocycles. The Morgan fingerprint density at radius 3 is 3.11 bits per heavy atom. The van der Waals surface area contributed by atoms with Crippen LogP contribution in [-0.2, 0) is 9.53 Å². The molecule has 0 amide bonds. The number of likely N-dealkylation sites (tertiary alicyclic amines) is 1. The molecule has 1 heterocycles. The Balaban J connectivity index is 1.80. The molecule has 0 N–H and O–H groups in total. The van der Waals surface area contributed by atoms with E-state index in [2.05, 4.69) is 4.90 Å². The predicted molar refractivity (Wildman–Crippen MR) is 73.6 cm³/mol. The predicted octanol–water partition coefficient (Wildman–Crippen LogP) is 2.36. The first-order chi connectivity index (χ1) is 9.20. The Hall–Kier alpha value is -1.26. The van der Waals surface area contributed by atoms with Crippen LogP contribution in [0, 0.1) is 0 Å². The standard InChI is InChI=1S/C14H18ClNO3/c1-18-14(17)13-6-3-7-16(13)8-9-19-12-5-2-4-11(15)10-12/h2,4-5,10,13H,3,6-9H2,1H3. The van der Waals surface area contributed by atoms with Gasteiger partial charge in [-0.2, -0.15) is 0 Å². The van der Waals surface area contributed by atoms with E-state index < -0.39 is 0 Å².